The number of rotatable bonds is 5. The van der Waals surface area contributed by atoms with Crippen molar-refractivity contribution in [2.45, 2.75) is 13.8 Å². The lowest BCUT2D eigenvalue weighted by Crippen LogP contribution is -2.18. The van der Waals surface area contributed by atoms with Gasteiger partial charge in [0.2, 0.25) is 0 Å². The van der Waals surface area contributed by atoms with Gasteiger partial charge in [-0.05, 0) is 68.6 Å². The summed E-state index contributed by atoms with van der Waals surface area (Å²) in [6.45, 7) is 3.78. The molecule has 5 aromatic rings. The van der Waals surface area contributed by atoms with Crippen molar-refractivity contribution >= 4 is 61.1 Å². The number of carbonyl (C=O) groups is 2. The molecule has 0 saturated carbocycles. The largest absolute Gasteiger partial charge is 0.462 e. The molecule has 5 rings (SSSR count). The highest BCUT2D eigenvalue weighted by Crippen LogP contribution is 2.41. The molecule has 0 aliphatic rings. The first kappa shape index (κ1) is 20.0. The third-order valence-electron chi connectivity index (χ3n) is 5.85. The van der Waals surface area contributed by atoms with E-state index < -0.39 is 11.9 Å². The Bertz CT molecular complexity index is 1460. The molecule has 0 aliphatic heterocycles. The van der Waals surface area contributed by atoms with Crippen LogP contribution in [0.25, 0.3) is 49.2 Å². The number of benzene rings is 5. The second-order valence-corrected chi connectivity index (χ2v) is 7.64. The van der Waals surface area contributed by atoms with Gasteiger partial charge >= 0.3 is 11.9 Å². The Morgan fingerprint density at radius 1 is 0.656 bits per heavy atom. The fraction of sp³-hybridized carbons (Fsp3) is 0.143. The summed E-state index contributed by atoms with van der Waals surface area (Å²) in [6.07, 6.45) is 1.58. The third kappa shape index (κ3) is 3.07. The molecule has 4 heteroatoms. The van der Waals surface area contributed by atoms with Crippen LogP contribution in [0.3, 0.4) is 0 Å². The van der Waals surface area contributed by atoms with Gasteiger partial charge in [-0.2, -0.15) is 0 Å². The lowest BCUT2D eigenvalue weighted by atomic mass is 9.88. The molecule has 0 saturated heterocycles. The van der Waals surface area contributed by atoms with Crippen molar-refractivity contribution in [3.05, 3.63) is 77.9 Å². The van der Waals surface area contributed by atoms with Crippen LogP contribution in [-0.4, -0.2) is 25.2 Å². The summed E-state index contributed by atoms with van der Waals surface area (Å²) in [5, 5.41) is 9.20. The number of hydrogen-bond donors (Lipinski definition) is 0. The minimum absolute atomic E-state index is 0.104. The standard InChI is InChI=1S/C28H22O4/c1-3-31-27(29)24(28(30)32-4-2)16-18-14-15-23-21-12-6-9-17-8-5-11-20(25(17)21)22-13-7-10-19(18)26(22)23/h5-16H,3-4H2,1-2H3. The van der Waals surface area contributed by atoms with Crippen molar-refractivity contribution in [2.24, 2.45) is 0 Å². The van der Waals surface area contributed by atoms with Gasteiger partial charge in [-0.25, -0.2) is 9.59 Å². The van der Waals surface area contributed by atoms with Crippen molar-refractivity contribution in [2.75, 3.05) is 13.2 Å². The van der Waals surface area contributed by atoms with Crippen molar-refractivity contribution in [1.82, 2.24) is 0 Å². The van der Waals surface area contributed by atoms with E-state index in [4.69, 9.17) is 9.47 Å². The maximum Gasteiger partial charge on any atom is 0.345 e. The molecule has 0 aromatic heterocycles. The molecule has 158 valence electrons. The maximum atomic E-state index is 12.5. The van der Waals surface area contributed by atoms with Gasteiger partial charge in [-0.3, -0.25) is 0 Å². The molecule has 0 amide bonds. The molecule has 0 aliphatic carbocycles. The molecule has 0 atom stereocenters. The van der Waals surface area contributed by atoms with E-state index in [1.54, 1.807) is 19.9 Å². The average molecular weight is 422 g/mol. The Labute approximate surface area is 185 Å². The normalized spacial score (nSPS) is 11.3. The molecule has 4 nitrogen and oxygen atoms in total. The molecule has 0 bridgehead atoms. The highest BCUT2D eigenvalue weighted by molar-refractivity contribution is 6.33. The molecule has 5 aromatic carbocycles. The zero-order chi connectivity index (χ0) is 22.2. The number of hydrogen-bond acceptors (Lipinski definition) is 4. The zero-order valence-corrected chi connectivity index (χ0v) is 18.0. The molecule has 0 N–H and O–H groups in total. The Hall–Kier alpha value is -3.92. The second kappa shape index (κ2) is 7.97. The van der Waals surface area contributed by atoms with Crippen LogP contribution in [0, 0.1) is 0 Å². The molecular formula is C28H22O4. The van der Waals surface area contributed by atoms with Gasteiger partial charge in [-0.1, -0.05) is 66.7 Å². The summed E-state index contributed by atoms with van der Waals surface area (Å²) in [4.78, 5) is 25.0. The monoisotopic (exact) mass is 422 g/mol. The number of esters is 2. The Kier molecular flexibility index (Phi) is 4.98. The molecule has 0 fully saturated rings. The van der Waals surface area contributed by atoms with Crippen molar-refractivity contribution in [1.29, 1.82) is 0 Å². The Morgan fingerprint density at radius 2 is 1.16 bits per heavy atom. The molecule has 0 unspecified atom stereocenters. The molecule has 0 radical (unpaired) electrons. The van der Waals surface area contributed by atoms with Gasteiger partial charge in [0.05, 0.1) is 13.2 Å². The summed E-state index contributed by atoms with van der Waals surface area (Å²) in [5.74, 6) is -1.36. The van der Waals surface area contributed by atoms with Crippen LogP contribution >= 0.6 is 0 Å². The Balaban J connectivity index is 1.84. The van der Waals surface area contributed by atoms with Gasteiger partial charge in [-0.15, -0.1) is 0 Å². The minimum atomic E-state index is -0.679. The van der Waals surface area contributed by atoms with Crippen molar-refractivity contribution in [3.8, 4) is 0 Å². The predicted octanol–water partition coefficient (Wildman–Crippen LogP) is 6.25. The highest BCUT2D eigenvalue weighted by Gasteiger charge is 2.22. The van der Waals surface area contributed by atoms with E-state index in [1.807, 2.05) is 18.2 Å². The van der Waals surface area contributed by atoms with Crippen LogP contribution in [0.5, 0.6) is 0 Å². The van der Waals surface area contributed by atoms with E-state index in [2.05, 4.69) is 48.5 Å². The minimum Gasteiger partial charge on any atom is -0.462 e. The summed E-state index contributed by atoms with van der Waals surface area (Å²) in [7, 11) is 0. The quantitative estimate of drug-likeness (QED) is 0.0839. The fourth-order valence-corrected chi connectivity index (χ4v) is 4.57. The number of fused-ring (bicyclic) bond motifs is 2. The third-order valence-corrected chi connectivity index (χ3v) is 5.85. The van der Waals surface area contributed by atoms with Crippen molar-refractivity contribution in [3.63, 3.8) is 0 Å². The van der Waals surface area contributed by atoms with Gasteiger partial charge in [0, 0.05) is 0 Å². The first-order valence-corrected chi connectivity index (χ1v) is 10.8. The van der Waals surface area contributed by atoms with Crippen LogP contribution < -0.4 is 0 Å². The van der Waals surface area contributed by atoms with Crippen molar-refractivity contribution < 1.29 is 19.1 Å². The van der Waals surface area contributed by atoms with E-state index in [1.165, 1.54) is 21.5 Å². The van der Waals surface area contributed by atoms with Crippen LogP contribution in [0.2, 0.25) is 0 Å². The molecule has 32 heavy (non-hydrogen) atoms. The van der Waals surface area contributed by atoms with Crippen LogP contribution in [0.1, 0.15) is 19.4 Å². The van der Waals surface area contributed by atoms with Gasteiger partial charge in [0.15, 0.2) is 0 Å². The van der Waals surface area contributed by atoms with Gasteiger partial charge in [0.25, 0.3) is 0 Å². The topological polar surface area (TPSA) is 52.6 Å². The van der Waals surface area contributed by atoms with Crippen LogP contribution in [0.4, 0.5) is 0 Å². The lowest BCUT2D eigenvalue weighted by Gasteiger charge is -2.15. The summed E-state index contributed by atoms with van der Waals surface area (Å²) < 4.78 is 10.2. The first-order valence-electron chi connectivity index (χ1n) is 10.8. The summed E-state index contributed by atoms with van der Waals surface area (Å²) in [6, 6.07) is 22.9. The van der Waals surface area contributed by atoms with E-state index in [0.717, 1.165) is 27.1 Å². The second-order valence-electron chi connectivity index (χ2n) is 7.64. The van der Waals surface area contributed by atoms with E-state index in [0.29, 0.717) is 0 Å². The number of ether oxygens (including phenoxy) is 2. The van der Waals surface area contributed by atoms with E-state index >= 15 is 0 Å². The lowest BCUT2D eigenvalue weighted by molar-refractivity contribution is -0.146. The molecule has 0 heterocycles. The number of carbonyl (C=O) groups excluding carboxylic acids is 2. The first-order chi connectivity index (χ1) is 15.6. The average Bonchev–Trinajstić information content (AvgIpc) is 2.81. The predicted molar refractivity (Wildman–Crippen MR) is 129 cm³/mol. The van der Waals surface area contributed by atoms with Gasteiger partial charge in [0.1, 0.15) is 5.57 Å². The maximum absolute atomic E-state index is 12.5. The van der Waals surface area contributed by atoms with Crippen LogP contribution in [-0.2, 0) is 19.1 Å². The summed E-state index contributed by atoms with van der Waals surface area (Å²) >= 11 is 0. The smallest absolute Gasteiger partial charge is 0.345 e. The Morgan fingerprint density at radius 3 is 1.75 bits per heavy atom. The molecule has 0 spiro atoms. The highest BCUT2D eigenvalue weighted by atomic mass is 16.6. The zero-order valence-electron chi connectivity index (χ0n) is 18.0. The van der Waals surface area contributed by atoms with Crippen LogP contribution in [0.15, 0.2) is 72.3 Å². The van der Waals surface area contributed by atoms with Gasteiger partial charge < -0.3 is 9.47 Å². The van der Waals surface area contributed by atoms with E-state index in [9.17, 15) is 9.59 Å². The SMILES string of the molecule is CCOC(=O)C(=Cc1ccc2c3cccc4cccc(c5cccc1c52)c43)C(=O)OCC. The summed E-state index contributed by atoms with van der Waals surface area (Å²) in [5.41, 5.74) is 0.668. The molecular weight excluding hydrogens is 400 g/mol. The van der Waals surface area contributed by atoms with E-state index in [-0.39, 0.29) is 18.8 Å². The fourth-order valence-electron chi connectivity index (χ4n) is 4.57.